The van der Waals surface area contributed by atoms with Crippen molar-refractivity contribution in [2.45, 2.75) is 12.5 Å². The molecule has 1 aliphatic rings. The Bertz CT molecular complexity index is 1120. The zero-order valence-electron chi connectivity index (χ0n) is 16.6. The minimum atomic E-state index is -0.744. The molecule has 7 nitrogen and oxygen atoms in total. The highest BCUT2D eigenvalue weighted by atomic mass is 35.5. The van der Waals surface area contributed by atoms with E-state index in [2.05, 4.69) is 4.98 Å². The molecule has 3 aromatic rings. The summed E-state index contributed by atoms with van der Waals surface area (Å²) in [5.74, 6) is -0.0897. The van der Waals surface area contributed by atoms with Crippen molar-refractivity contribution in [3.05, 3.63) is 64.3 Å². The lowest BCUT2D eigenvalue weighted by Gasteiger charge is -2.35. The molecular formula is C22H21ClFN3O4. The molecule has 0 aliphatic carbocycles. The van der Waals surface area contributed by atoms with Crippen LogP contribution in [0.3, 0.4) is 0 Å². The standard InChI is InChI=1S/C22H21ClFN3O4/c23-14-3-6-18-17(11-14)16-7-9-27(22(29)30-10-8-24)21(20(16)26-18)13-1-4-15(5-2-13)31-12-19(25)28/h1-6,11,21,26H,7-10,12H2,(H2,25,28). The first kappa shape index (κ1) is 21.0. The zero-order valence-corrected chi connectivity index (χ0v) is 17.3. The van der Waals surface area contributed by atoms with Gasteiger partial charge in [-0.15, -0.1) is 0 Å². The Morgan fingerprint density at radius 3 is 2.71 bits per heavy atom. The molecule has 3 N–H and O–H groups in total. The van der Waals surface area contributed by atoms with Crippen LogP contribution in [0.25, 0.3) is 10.9 Å². The van der Waals surface area contributed by atoms with Crippen LogP contribution in [-0.4, -0.2) is 48.3 Å². The first-order valence-electron chi connectivity index (χ1n) is 9.78. The molecule has 2 aromatic carbocycles. The molecule has 2 heterocycles. The number of H-pyrrole nitrogens is 1. The summed E-state index contributed by atoms with van der Waals surface area (Å²) in [5, 5.41) is 1.64. The molecule has 1 aromatic heterocycles. The second-order valence-corrected chi connectivity index (χ2v) is 7.62. The highest BCUT2D eigenvalue weighted by molar-refractivity contribution is 6.31. The van der Waals surface area contributed by atoms with Gasteiger partial charge in [0.15, 0.2) is 6.61 Å². The van der Waals surface area contributed by atoms with E-state index >= 15 is 0 Å². The van der Waals surface area contributed by atoms with Gasteiger partial charge in [-0.25, -0.2) is 9.18 Å². The van der Waals surface area contributed by atoms with Gasteiger partial charge in [0.05, 0.1) is 0 Å². The number of aromatic amines is 1. The lowest BCUT2D eigenvalue weighted by molar-refractivity contribution is -0.119. The fourth-order valence-electron chi connectivity index (χ4n) is 3.91. The summed E-state index contributed by atoms with van der Waals surface area (Å²) in [6, 6.07) is 12.2. The number of carbonyl (C=O) groups is 2. The van der Waals surface area contributed by atoms with E-state index in [4.69, 9.17) is 26.8 Å². The lowest BCUT2D eigenvalue weighted by Crippen LogP contribution is -2.41. The number of amides is 2. The fraction of sp³-hybridized carbons (Fsp3) is 0.273. The number of hydrogen-bond donors (Lipinski definition) is 2. The second kappa shape index (κ2) is 8.85. The third kappa shape index (κ3) is 4.29. The summed E-state index contributed by atoms with van der Waals surface area (Å²) in [4.78, 5) is 28.6. The summed E-state index contributed by atoms with van der Waals surface area (Å²) < 4.78 is 23.0. The van der Waals surface area contributed by atoms with Crippen LogP contribution >= 0.6 is 11.6 Å². The van der Waals surface area contributed by atoms with Gasteiger partial charge < -0.3 is 20.2 Å². The number of nitrogens with zero attached hydrogens (tertiary/aromatic N) is 1. The van der Waals surface area contributed by atoms with Crippen LogP contribution in [0, 0.1) is 0 Å². The molecule has 0 radical (unpaired) electrons. The molecule has 31 heavy (non-hydrogen) atoms. The maximum absolute atomic E-state index is 12.7. The number of nitrogens with one attached hydrogen (secondary N) is 1. The van der Waals surface area contributed by atoms with Crippen molar-refractivity contribution in [1.29, 1.82) is 0 Å². The van der Waals surface area contributed by atoms with Crippen LogP contribution in [0.1, 0.15) is 22.9 Å². The average Bonchev–Trinajstić information content (AvgIpc) is 3.13. The van der Waals surface area contributed by atoms with E-state index in [0.717, 1.165) is 27.7 Å². The van der Waals surface area contributed by atoms with Gasteiger partial charge >= 0.3 is 6.09 Å². The minimum absolute atomic E-state index is 0.225. The number of ether oxygens (including phenoxy) is 2. The minimum Gasteiger partial charge on any atom is -0.484 e. The van der Waals surface area contributed by atoms with Gasteiger partial charge in [0.2, 0.25) is 0 Å². The molecule has 0 spiro atoms. The smallest absolute Gasteiger partial charge is 0.410 e. The molecule has 4 rings (SSSR count). The third-order valence-corrected chi connectivity index (χ3v) is 5.44. The molecule has 162 valence electrons. The van der Waals surface area contributed by atoms with Gasteiger partial charge in [0.25, 0.3) is 5.91 Å². The van der Waals surface area contributed by atoms with Crippen molar-refractivity contribution in [2.75, 3.05) is 26.4 Å². The predicted octanol–water partition coefficient (Wildman–Crippen LogP) is 3.74. The number of nitrogens with two attached hydrogens (primary N) is 1. The van der Waals surface area contributed by atoms with Crippen molar-refractivity contribution in [1.82, 2.24) is 9.88 Å². The number of fused-ring (bicyclic) bond motifs is 3. The van der Waals surface area contributed by atoms with Crippen LogP contribution < -0.4 is 10.5 Å². The molecule has 0 fully saturated rings. The third-order valence-electron chi connectivity index (χ3n) is 5.20. The molecule has 0 saturated carbocycles. The van der Waals surface area contributed by atoms with Crippen molar-refractivity contribution >= 4 is 34.5 Å². The van der Waals surface area contributed by atoms with Gasteiger partial charge in [-0.3, -0.25) is 9.69 Å². The first-order valence-corrected chi connectivity index (χ1v) is 10.2. The van der Waals surface area contributed by atoms with E-state index in [9.17, 15) is 14.0 Å². The van der Waals surface area contributed by atoms with Crippen molar-refractivity contribution in [2.24, 2.45) is 5.73 Å². The number of hydrogen-bond acceptors (Lipinski definition) is 4. The largest absolute Gasteiger partial charge is 0.484 e. The van der Waals surface area contributed by atoms with Crippen molar-refractivity contribution < 1.29 is 23.5 Å². The molecule has 1 atom stereocenters. The number of rotatable bonds is 6. The van der Waals surface area contributed by atoms with E-state index in [1.165, 1.54) is 0 Å². The molecule has 1 unspecified atom stereocenters. The topological polar surface area (TPSA) is 97.7 Å². The Morgan fingerprint density at radius 1 is 1.23 bits per heavy atom. The summed E-state index contributed by atoms with van der Waals surface area (Å²) in [5.41, 5.74) is 8.77. The molecule has 0 saturated heterocycles. The van der Waals surface area contributed by atoms with E-state index in [1.54, 1.807) is 23.1 Å². The Morgan fingerprint density at radius 2 is 2.00 bits per heavy atom. The number of carbonyl (C=O) groups excluding carboxylic acids is 2. The van der Waals surface area contributed by atoms with Gasteiger partial charge in [-0.2, -0.15) is 0 Å². The fourth-order valence-corrected chi connectivity index (χ4v) is 4.09. The summed E-state index contributed by atoms with van der Waals surface area (Å²) in [7, 11) is 0. The summed E-state index contributed by atoms with van der Waals surface area (Å²) in [6.07, 6.45) is 0.0236. The zero-order chi connectivity index (χ0) is 22.0. The van der Waals surface area contributed by atoms with Gasteiger partial charge in [-0.05, 0) is 47.9 Å². The van der Waals surface area contributed by atoms with Crippen LogP contribution in [0.2, 0.25) is 5.02 Å². The van der Waals surface area contributed by atoms with E-state index in [0.29, 0.717) is 23.7 Å². The van der Waals surface area contributed by atoms with Gasteiger partial charge in [0, 0.05) is 28.2 Å². The maximum atomic E-state index is 12.7. The molecule has 1 aliphatic heterocycles. The van der Waals surface area contributed by atoms with Gasteiger partial charge in [-0.1, -0.05) is 23.7 Å². The van der Waals surface area contributed by atoms with Crippen LogP contribution in [0.4, 0.5) is 9.18 Å². The van der Waals surface area contributed by atoms with Crippen molar-refractivity contribution in [3.63, 3.8) is 0 Å². The molecular weight excluding hydrogens is 425 g/mol. The highest BCUT2D eigenvalue weighted by Crippen LogP contribution is 2.39. The maximum Gasteiger partial charge on any atom is 0.410 e. The van der Waals surface area contributed by atoms with Crippen LogP contribution in [-0.2, 0) is 16.0 Å². The number of primary amides is 1. The van der Waals surface area contributed by atoms with Gasteiger partial charge in [0.1, 0.15) is 25.1 Å². The summed E-state index contributed by atoms with van der Waals surface area (Å²) >= 11 is 6.20. The lowest BCUT2D eigenvalue weighted by atomic mass is 9.92. The van der Waals surface area contributed by atoms with E-state index in [1.807, 2.05) is 24.3 Å². The number of aromatic nitrogens is 1. The Kier molecular flexibility index (Phi) is 5.99. The van der Waals surface area contributed by atoms with Crippen LogP contribution in [0.15, 0.2) is 42.5 Å². The molecule has 9 heteroatoms. The highest BCUT2D eigenvalue weighted by Gasteiger charge is 2.35. The summed E-state index contributed by atoms with van der Waals surface area (Å²) in [6.45, 7) is -0.858. The number of alkyl halides is 1. The monoisotopic (exact) mass is 445 g/mol. The quantitative estimate of drug-likeness (QED) is 0.604. The van der Waals surface area contributed by atoms with E-state index < -0.39 is 24.7 Å². The second-order valence-electron chi connectivity index (χ2n) is 7.18. The molecule has 0 bridgehead atoms. The van der Waals surface area contributed by atoms with E-state index in [-0.39, 0.29) is 13.2 Å². The molecule has 2 amide bonds. The Labute approximate surface area is 182 Å². The average molecular weight is 446 g/mol. The first-order chi connectivity index (χ1) is 15.0. The number of benzene rings is 2. The predicted molar refractivity (Wildman–Crippen MR) is 114 cm³/mol. The Balaban J connectivity index is 1.74. The Hall–Kier alpha value is -3.26. The normalized spacial score (nSPS) is 15.5. The number of halogens is 2. The van der Waals surface area contributed by atoms with Crippen LogP contribution in [0.5, 0.6) is 5.75 Å². The SMILES string of the molecule is NC(=O)COc1ccc(C2c3[nH]c4ccc(Cl)cc4c3CCN2C(=O)OCCF)cc1. The van der Waals surface area contributed by atoms with Crippen molar-refractivity contribution in [3.8, 4) is 5.75 Å².